The zero-order valence-electron chi connectivity index (χ0n) is 41.3. The molecule has 20 heteroatoms. The van der Waals surface area contributed by atoms with Crippen molar-refractivity contribution in [3.63, 3.8) is 0 Å². The number of ether oxygens (including phenoxy) is 2. The number of hydrogen-bond acceptors (Lipinski definition) is 10. The van der Waals surface area contributed by atoms with Gasteiger partial charge in [0.2, 0.25) is 0 Å². The van der Waals surface area contributed by atoms with Crippen molar-refractivity contribution in [1.82, 2.24) is 9.97 Å². The van der Waals surface area contributed by atoms with Crippen LogP contribution in [-0.2, 0) is 51.6 Å². The van der Waals surface area contributed by atoms with Crippen molar-refractivity contribution in [3.8, 4) is 0 Å². The minimum absolute atomic E-state index is 0.108. The lowest BCUT2D eigenvalue weighted by Crippen LogP contribution is -2.52. The molecule has 78 heavy (non-hydrogen) atoms. The molecule has 6 aromatic carbocycles. The summed E-state index contributed by atoms with van der Waals surface area (Å²) in [6.45, 7) is 0. The fraction of sp³-hybridized carbons (Fsp3) is 0.172. The monoisotopic (exact) mass is 1170 g/mol. The van der Waals surface area contributed by atoms with E-state index in [0.717, 1.165) is 46.9 Å². The Morgan fingerprint density at radius 1 is 0.474 bits per heavy atom. The molecule has 6 atom stereocenters. The van der Waals surface area contributed by atoms with E-state index in [0.29, 0.717) is 31.5 Å². The molecule has 0 bridgehead atoms. The van der Waals surface area contributed by atoms with Gasteiger partial charge in [0.25, 0.3) is 11.8 Å². The van der Waals surface area contributed by atoms with Crippen LogP contribution in [0.25, 0.3) is 0 Å². The minimum Gasteiger partial charge on any atom is -0.358 e. The molecule has 2 amide bonds. The number of carbonyl (C=O) groups excluding carboxylic acids is 2. The first-order valence-electron chi connectivity index (χ1n) is 24.0. The zero-order valence-corrected chi connectivity index (χ0v) is 46.0. The number of aromatic nitrogens is 2. The maximum Gasteiger partial charge on any atom is 0.257 e. The molecule has 0 aliphatic carbocycles. The van der Waals surface area contributed by atoms with Crippen molar-refractivity contribution in [3.05, 3.63) is 248 Å². The van der Waals surface area contributed by atoms with Gasteiger partial charge in [-0.2, -0.15) is 0 Å². The summed E-state index contributed by atoms with van der Waals surface area (Å²) >= 11 is 24.6. The van der Waals surface area contributed by atoms with Gasteiger partial charge >= 0.3 is 0 Å². The summed E-state index contributed by atoms with van der Waals surface area (Å²) in [5, 5.41) is 2.18. The van der Waals surface area contributed by atoms with Gasteiger partial charge in [-0.05, 0) is 130 Å². The van der Waals surface area contributed by atoms with E-state index in [1.54, 1.807) is 107 Å². The number of sulfone groups is 2. The SMILES string of the molecule is CS(=O)(=O)c1ccc(C[C@@H]2O[C@@H](c3ccc(Cl)cc3)[C@@H](c3ccc(Cl)cc3)N(c3cccnc3)C2=O)c(F)c1.CS(=O)(=O)c1ccc(C[C@H]2O[C@H](c3ccc(Cl)cc3)[C@H](c3ccc(Cl)cc3)N(c3cccnc3)C2=O)c(F)c1. The largest absolute Gasteiger partial charge is 0.358 e. The first-order chi connectivity index (χ1) is 37.2. The van der Waals surface area contributed by atoms with Gasteiger partial charge in [-0.1, -0.05) is 107 Å². The number of morpholine rings is 2. The molecule has 12 nitrogen and oxygen atoms in total. The zero-order chi connectivity index (χ0) is 55.5. The third kappa shape index (κ3) is 12.8. The van der Waals surface area contributed by atoms with Crippen molar-refractivity contribution >= 4 is 89.3 Å². The van der Waals surface area contributed by atoms with Crippen molar-refractivity contribution in [2.75, 3.05) is 22.3 Å². The molecule has 4 heterocycles. The molecule has 0 N–H and O–H groups in total. The van der Waals surface area contributed by atoms with E-state index in [-0.39, 0.29) is 45.6 Å². The number of halogens is 6. The molecular formula is C58H46Cl4F2N4O8S2. The van der Waals surface area contributed by atoms with Crippen molar-refractivity contribution in [1.29, 1.82) is 0 Å². The Bertz CT molecular complexity index is 3450. The third-order valence-electron chi connectivity index (χ3n) is 13.2. The summed E-state index contributed by atoms with van der Waals surface area (Å²) in [6, 6.07) is 41.7. The Labute approximate surface area is 470 Å². The van der Waals surface area contributed by atoms with E-state index >= 15 is 8.78 Å². The molecule has 2 aliphatic heterocycles. The van der Waals surface area contributed by atoms with Gasteiger partial charge in [0.05, 0.1) is 45.6 Å². The second-order valence-corrected chi connectivity index (χ2v) is 24.3. The predicted molar refractivity (Wildman–Crippen MR) is 296 cm³/mol. The highest BCUT2D eigenvalue weighted by Crippen LogP contribution is 2.47. The van der Waals surface area contributed by atoms with E-state index in [2.05, 4.69) is 9.97 Å². The number of pyridine rings is 2. The highest BCUT2D eigenvalue weighted by Gasteiger charge is 2.47. The highest BCUT2D eigenvalue weighted by molar-refractivity contribution is 7.91. The Hall–Kier alpha value is -6.60. The fourth-order valence-electron chi connectivity index (χ4n) is 9.36. The molecule has 2 aliphatic rings. The van der Waals surface area contributed by atoms with Crippen LogP contribution in [0.2, 0.25) is 20.1 Å². The van der Waals surface area contributed by atoms with Crippen LogP contribution in [-0.4, -0.2) is 63.3 Å². The molecule has 2 aromatic heterocycles. The van der Waals surface area contributed by atoms with Crippen LogP contribution in [0.4, 0.5) is 20.2 Å². The Morgan fingerprint density at radius 2 is 0.795 bits per heavy atom. The summed E-state index contributed by atoms with van der Waals surface area (Å²) in [7, 11) is -7.19. The number of anilines is 2. The second kappa shape index (κ2) is 23.8. The summed E-state index contributed by atoms with van der Waals surface area (Å²) in [5.74, 6) is -2.24. The average molecular weight is 1170 g/mol. The lowest BCUT2D eigenvalue weighted by molar-refractivity contribution is -0.145. The van der Waals surface area contributed by atoms with Crippen LogP contribution in [0.1, 0.15) is 57.7 Å². The summed E-state index contributed by atoms with van der Waals surface area (Å²) in [5.41, 5.74) is 4.48. The van der Waals surface area contributed by atoms with E-state index < -0.39 is 67.8 Å². The van der Waals surface area contributed by atoms with Crippen molar-refractivity contribution in [2.45, 2.75) is 59.1 Å². The molecule has 2 saturated heterocycles. The molecule has 0 spiro atoms. The first-order valence-corrected chi connectivity index (χ1v) is 29.3. The number of amides is 2. The van der Waals surface area contributed by atoms with Crippen LogP contribution in [0.3, 0.4) is 0 Å². The van der Waals surface area contributed by atoms with Gasteiger partial charge in [-0.3, -0.25) is 29.4 Å². The summed E-state index contributed by atoms with van der Waals surface area (Å²) < 4.78 is 90.5. The average Bonchev–Trinajstić information content (AvgIpc) is 3.47. The van der Waals surface area contributed by atoms with Crippen LogP contribution in [0.5, 0.6) is 0 Å². The normalized spacial score (nSPS) is 19.7. The Morgan fingerprint density at radius 3 is 1.08 bits per heavy atom. The topological polar surface area (TPSA) is 153 Å². The lowest BCUT2D eigenvalue weighted by Gasteiger charge is -2.44. The van der Waals surface area contributed by atoms with Gasteiger partial charge < -0.3 is 9.47 Å². The van der Waals surface area contributed by atoms with Gasteiger partial charge in [0.1, 0.15) is 36.1 Å². The standard InChI is InChI=1S/2C29H23Cl2FN2O4S/c2*1-39(36,37)24-13-8-20(25(32)16-24)15-26-29(35)34(23-3-2-14-33-17-23)27(18-4-9-21(30)10-5-18)28(38-26)19-6-11-22(31)12-7-19/h2*2-14,16-17,26-28H,15H2,1H3/t2*26-,27+,28-/m10/s1. The van der Waals surface area contributed by atoms with Crippen molar-refractivity contribution in [2.24, 2.45) is 0 Å². The maximum atomic E-state index is 15.0. The lowest BCUT2D eigenvalue weighted by atomic mass is 9.90. The Kier molecular flexibility index (Phi) is 17.1. The van der Waals surface area contributed by atoms with Crippen LogP contribution >= 0.6 is 46.4 Å². The smallest absolute Gasteiger partial charge is 0.257 e. The molecule has 400 valence electrons. The van der Waals surface area contributed by atoms with E-state index in [4.69, 9.17) is 55.9 Å². The van der Waals surface area contributed by atoms with E-state index in [1.165, 1.54) is 24.3 Å². The van der Waals surface area contributed by atoms with Gasteiger partial charge in [0.15, 0.2) is 19.7 Å². The molecule has 0 unspecified atom stereocenters. The highest BCUT2D eigenvalue weighted by atomic mass is 35.5. The van der Waals surface area contributed by atoms with E-state index in [9.17, 15) is 26.4 Å². The van der Waals surface area contributed by atoms with Gasteiger partial charge in [-0.25, -0.2) is 25.6 Å². The van der Waals surface area contributed by atoms with E-state index in [1.807, 2.05) is 48.5 Å². The summed E-state index contributed by atoms with van der Waals surface area (Å²) in [6.07, 6.45) is 4.72. The number of nitrogens with zero attached hydrogens (tertiary/aromatic N) is 4. The van der Waals surface area contributed by atoms with Gasteiger partial charge in [-0.15, -0.1) is 0 Å². The number of rotatable bonds is 12. The number of benzene rings is 6. The van der Waals surface area contributed by atoms with Crippen LogP contribution in [0.15, 0.2) is 192 Å². The number of carbonyl (C=O) groups is 2. The quantitative estimate of drug-likeness (QED) is 0.115. The molecule has 10 rings (SSSR count). The molecular weight excluding hydrogens is 1120 g/mol. The second-order valence-electron chi connectivity index (χ2n) is 18.5. The van der Waals surface area contributed by atoms with Crippen molar-refractivity contribution < 1.29 is 44.7 Å². The minimum atomic E-state index is -3.59. The Balaban J connectivity index is 0.000000190. The van der Waals surface area contributed by atoms with Crippen LogP contribution < -0.4 is 9.80 Å². The first kappa shape index (κ1) is 56.1. The predicted octanol–water partition coefficient (Wildman–Crippen LogP) is 12.8. The third-order valence-corrected chi connectivity index (χ3v) is 16.4. The fourth-order valence-corrected chi connectivity index (χ4v) is 11.1. The summed E-state index contributed by atoms with van der Waals surface area (Å²) in [4.78, 5) is 39.5. The maximum absolute atomic E-state index is 15.0. The van der Waals surface area contributed by atoms with Crippen LogP contribution in [0, 0.1) is 11.6 Å². The molecule has 0 radical (unpaired) electrons. The molecule has 0 saturated carbocycles. The van der Waals surface area contributed by atoms with Gasteiger partial charge in [0, 0.05) is 57.8 Å². The molecule has 2 fully saturated rings. The number of hydrogen-bond donors (Lipinski definition) is 0. The molecule has 8 aromatic rings.